The van der Waals surface area contributed by atoms with Gasteiger partial charge >= 0.3 is 0 Å². The van der Waals surface area contributed by atoms with E-state index in [1.165, 1.54) is 17.7 Å². The summed E-state index contributed by atoms with van der Waals surface area (Å²) < 4.78 is 24.8. The minimum absolute atomic E-state index is 0.0165. The third kappa shape index (κ3) is 2.76. The van der Waals surface area contributed by atoms with Crippen LogP contribution in [0.3, 0.4) is 0 Å². The van der Waals surface area contributed by atoms with Crippen molar-refractivity contribution in [1.82, 2.24) is 4.90 Å². The fourth-order valence-electron chi connectivity index (χ4n) is 3.18. The van der Waals surface area contributed by atoms with Crippen molar-refractivity contribution < 1.29 is 13.6 Å². The minimum Gasteiger partial charge on any atom is -0.335 e. The minimum atomic E-state index is -2.47. The molecule has 0 radical (unpaired) electrons. The second-order valence-electron chi connectivity index (χ2n) is 5.10. The number of carbonyl (C=O) groups excluding carboxylic acids is 1. The Balaban J connectivity index is 1.92. The van der Waals surface area contributed by atoms with Crippen LogP contribution in [-0.4, -0.2) is 36.9 Å². The van der Waals surface area contributed by atoms with Crippen LogP contribution < -0.4 is 5.73 Å². The normalized spacial score (nSPS) is 31.2. The number of halogens is 2. The summed E-state index contributed by atoms with van der Waals surface area (Å²) in [6.07, 6.45) is 2.07. The maximum Gasteiger partial charge on any atom is 0.255 e. The summed E-state index contributed by atoms with van der Waals surface area (Å²) in [5.41, 5.74) is 5.37. The first-order valence-corrected chi connectivity index (χ1v) is 6.42. The molecule has 2 rings (SSSR count). The Bertz CT molecular complexity index is 274. The lowest BCUT2D eigenvalue weighted by Gasteiger charge is -2.21. The first-order chi connectivity index (χ1) is 8.15. The van der Waals surface area contributed by atoms with Crippen LogP contribution in [0.15, 0.2) is 0 Å². The van der Waals surface area contributed by atoms with E-state index in [1.54, 1.807) is 0 Å². The zero-order valence-corrected chi connectivity index (χ0v) is 9.95. The van der Waals surface area contributed by atoms with Crippen molar-refractivity contribution in [2.75, 3.05) is 19.6 Å². The van der Waals surface area contributed by atoms with E-state index in [-0.39, 0.29) is 24.9 Å². The van der Waals surface area contributed by atoms with Gasteiger partial charge in [-0.1, -0.05) is 12.8 Å². The number of rotatable bonds is 5. The molecule has 0 aliphatic heterocycles. The van der Waals surface area contributed by atoms with E-state index in [4.69, 9.17) is 5.73 Å². The zero-order valence-electron chi connectivity index (χ0n) is 9.95. The van der Waals surface area contributed by atoms with Crippen molar-refractivity contribution in [2.45, 2.75) is 32.1 Å². The molecule has 2 N–H and O–H groups in total. The monoisotopic (exact) mass is 246 g/mol. The molecule has 2 atom stereocenters. The third-order valence-electron chi connectivity index (χ3n) is 4.01. The summed E-state index contributed by atoms with van der Waals surface area (Å²) in [5, 5.41) is 0. The van der Waals surface area contributed by atoms with Crippen LogP contribution in [0.2, 0.25) is 0 Å². The number of amides is 1. The zero-order chi connectivity index (χ0) is 12.4. The Labute approximate surface area is 100 Å². The van der Waals surface area contributed by atoms with Crippen molar-refractivity contribution in [3.63, 3.8) is 0 Å². The Hall–Kier alpha value is -0.710. The molecule has 1 amide bonds. The molecule has 0 saturated heterocycles. The maximum atomic E-state index is 12.4. The summed E-state index contributed by atoms with van der Waals surface area (Å²) in [4.78, 5) is 13.4. The number of nitrogens with two attached hydrogens (primary N) is 1. The van der Waals surface area contributed by atoms with E-state index in [0.717, 1.165) is 12.8 Å². The summed E-state index contributed by atoms with van der Waals surface area (Å²) in [6, 6.07) is 0. The molecule has 3 nitrogen and oxygen atoms in total. The molecule has 0 aromatic heterocycles. The van der Waals surface area contributed by atoms with Gasteiger partial charge in [-0.3, -0.25) is 4.79 Å². The lowest BCUT2D eigenvalue weighted by molar-refractivity contribution is -0.135. The summed E-state index contributed by atoms with van der Waals surface area (Å²) in [7, 11) is 0. The third-order valence-corrected chi connectivity index (χ3v) is 4.01. The van der Waals surface area contributed by atoms with Gasteiger partial charge in [0.15, 0.2) is 0 Å². The average molecular weight is 246 g/mol. The van der Waals surface area contributed by atoms with Gasteiger partial charge in [-0.2, -0.15) is 0 Å². The second kappa shape index (κ2) is 5.29. The number of nitrogens with zero attached hydrogens (tertiary/aromatic N) is 1. The molecule has 2 unspecified atom stereocenters. The smallest absolute Gasteiger partial charge is 0.255 e. The molecule has 0 bridgehead atoms. The number of carbonyl (C=O) groups is 1. The van der Waals surface area contributed by atoms with Crippen molar-refractivity contribution in [2.24, 2.45) is 23.5 Å². The predicted molar refractivity (Wildman–Crippen MR) is 60.6 cm³/mol. The van der Waals surface area contributed by atoms with Gasteiger partial charge < -0.3 is 10.6 Å². The highest BCUT2D eigenvalue weighted by Gasteiger charge is 2.55. The van der Waals surface area contributed by atoms with Crippen molar-refractivity contribution in [3.05, 3.63) is 0 Å². The van der Waals surface area contributed by atoms with Gasteiger partial charge in [-0.05, 0) is 24.7 Å². The van der Waals surface area contributed by atoms with Gasteiger partial charge in [0.1, 0.15) is 0 Å². The Morgan fingerprint density at radius 1 is 1.29 bits per heavy atom. The molecular formula is C12H20F2N2O. The number of fused-ring (bicyclic) bond motifs is 1. The molecule has 0 aromatic rings. The largest absolute Gasteiger partial charge is 0.335 e. The van der Waals surface area contributed by atoms with E-state index >= 15 is 0 Å². The molecule has 2 aliphatic rings. The van der Waals surface area contributed by atoms with Crippen LogP contribution in [0.4, 0.5) is 8.78 Å². The molecular weight excluding hydrogens is 226 g/mol. The Kier molecular flexibility index (Phi) is 3.97. The Morgan fingerprint density at radius 2 is 1.88 bits per heavy atom. The highest BCUT2D eigenvalue weighted by Crippen LogP contribution is 2.56. The average Bonchev–Trinajstić information content (AvgIpc) is 3.01. The summed E-state index contributed by atoms with van der Waals surface area (Å²) in [5.74, 6) is 0.860. The summed E-state index contributed by atoms with van der Waals surface area (Å²) in [6.45, 7) is 0.0333. The van der Waals surface area contributed by atoms with Gasteiger partial charge in [0.2, 0.25) is 5.91 Å². The molecule has 2 fully saturated rings. The first-order valence-electron chi connectivity index (χ1n) is 6.42. The highest BCUT2D eigenvalue weighted by molar-refractivity contribution is 5.82. The molecule has 98 valence electrons. The van der Waals surface area contributed by atoms with Crippen LogP contribution in [0, 0.1) is 17.8 Å². The molecule has 0 spiro atoms. The predicted octanol–water partition coefficient (Wildman–Crippen LogP) is 1.47. The van der Waals surface area contributed by atoms with Gasteiger partial charge in [-0.25, -0.2) is 8.78 Å². The van der Waals surface area contributed by atoms with E-state index in [0.29, 0.717) is 11.8 Å². The van der Waals surface area contributed by atoms with E-state index < -0.39 is 13.0 Å². The molecule has 17 heavy (non-hydrogen) atoms. The van der Waals surface area contributed by atoms with Crippen LogP contribution in [0.5, 0.6) is 0 Å². The Morgan fingerprint density at radius 3 is 2.35 bits per heavy atom. The van der Waals surface area contributed by atoms with Gasteiger partial charge in [0, 0.05) is 19.0 Å². The van der Waals surface area contributed by atoms with Crippen LogP contribution in [0.25, 0.3) is 0 Å². The number of hydrogen-bond acceptors (Lipinski definition) is 2. The molecule has 2 saturated carbocycles. The molecule has 0 heterocycles. The standard InChI is InChI=1S/C12H20F2N2O/c13-10(14)7-16(6-5-15)12(17)11-8-3-1-2-4-9(8)11/h8-11H,1-7,15H2. The second-order valence-corrected chi connectivity index (χ2v) is 5.10. The van der Waals surface area contributed by atoms with E-state index in [2.05, 4.69) is 0 Å². The first kappa shape index (κ1) is 12.7. The van der Waals surface area contributed by atoms with E-state index in [9.17, 15) is 13.6 Å². The fraction of sp³-hybridized carbons (Fsp3) is 0.917. The topological polar surface area (TPSA) is 46.3 Å². The SMILES string of the molecule is NCCN(CC(F)F)C(=O)C1C2CCCCC21. The van der Waals surface area contributed by atoms with Crippen LogP contribution in [-0.2, 0) is 4.79 Å². The lowest BCUT2D eigenvalue weighted by atomic mass is 10.0. The van der Waals surface area contributed by atoms with Gasteiger partial charge in [-0.15, -0.1) is 0 Å². The van der Waals surface area contributed by atoms with Gasteiger partial charge in [0.05, 0.1) is 6.54 Å². The van der Waals surface area contributed by atoms with Crippen molar-refractivity contribution >= 4 is 5.91 Å². The molecule has 5 heteroatoms. The summed E-state index contributed by atoms with van der Waals surface area (Å²) >= 11 is 0. The lowest BCUT2D eigenvalue weighted by Crippen LogP contribution is -2.40. The number of alkyl halides is 2. The van der Waals surface area contributed by atoms with E-state index in [1.807, 2.05) is 0 Å². The molecule has 2 aliphatic carbocycles. The van der Waals surface area contributed by atoms with Gasteiger partial charge in [0.25, 0.3) is 6.43 Å². The quantitative estimate of drug-likeness (QED) is 0.798. The van der Waals surface area contributed by atoms with Crippen LogP contribution >= 0.6 is 0 Å². The number of hydrogen-bond donors (Lipinski definition) is 1. The maximum absolute atomic E-state index is 12.4. The molecule has 0 aromatic carbocycles. The highest BCUT2D eigenvalue weighted by atomic mass is 19.3. The van der Waals surface area contributed by atoms with Crippen LogP contribution in [0.1, 0.15) is 25.7 Å². The van der Waals surface area contributed by atoms with Crippen molar-refractivity contribution in [3.8, 4) is 0 Å². The fourth-order valence-corrected chi connectivity index (χ4v) is 3.18. The van der Waals surface area contributed by atoms with Crippen molar-refractivity contribution in [1.29, 1.82) is 0 Å².